The first-order valence-electron chi connectivity index (χ1n) is 8.37. The lowest BCUT2D eigenvalue weighted by Crippen LogP contribution is -2.66. The summed E-state index contributed by atoms with van der Waals surface area (Å²) in [5.41, 5.74) is 5.02. The highest BCUT2D eigenvalue weighted by molar-refractivity contribution is 5.84. The minimum atomic E-state index is -0.654. The molecule has 3 unspecified atom stereocenters. The number of hydrogen-bond donors (Lipinski definition) is 2. The predicted molar refractivity (Wildman–Crippen MR) is 86.1 cm³/mol. The van der Waals surface area contributed by atoms with Gasteiger partial charge < -0.3 is 11.1 Å². The molecule has 0 radical (unpaired) electrons. The molecule has 3 atom stereocenters. The lowest BCUT2D eigenvalue weighted by Gasteiger charge is -2.49. The van der Waals surface area contributed by atoms with E-state index in [1.807, 2.05) is 6.92 Å². The van der Waals surface area contributed by atoms with Gasteiger partial charge in [-0.15, -0.1) is 0 Å². The van der Waals surface area contributed by atoms with E-state index >= 15 is 0 Å². The molecule has 0 aliphatic carbocycles. The van der Waals surface area contributed by atoms with Crippen molar-refractivity contribution >= 4 is 5.91 Å². The summed E-state index contributed by atoms with van der Waals surface area (Å²) >= 11 is 0. The van der Waals surface area contributed by atoms with Gasteiger partial charge in [-0.2, -0.15) is 0 Å². The number of piperazine rings is 1. The number of primary amides is 1. The van der Waals surface area contributed by atoms with Crippen LogP contribution >= 0.6 is 0 Å². The summed E-state index contributed by atoms with van der Waals surface area (Å²) < 4.78 is 0. The van der Waals surface area contributed by atoms with Gasteiger partial charge in [0, 0.05) is 37.8 Å². The summed E-state index contributed by atoms with van der Waals surface area (Å²) in [6.07, 6.45) is 3.95. The Morgan fingerprint density at radius 2 is 2.10 bits per heavy atom. The molecule has 5 nitrogen and oxygen atoms in total. The third kappa shape index (κ3) is 3.96. The van der Waals surface area contributed by atoms with Crippen molar-refractivity contribution in [2.75, 3.05) is 26.2 Å². The van der Waals surface area contributed by atoms with Crippen LogP contribution < -0.4 is 11.1 Å². The van der Waals surface area contributed by atoms with Crippen LogP contribution in [-0.2, 0) is 4.79 Å². The minimum absolute atomic E-state index is 0.244. The summed E-state index contributed by atoms with van der Waals surface area (Å²) in [6, 6.07) is 1.38. The van der Waals surface area contributed by atoms with Gasteiger partial charge in [0.15, 0.2) is 0 Å². The number of nitrogens with one attached hydrogen (secondary N) is 1. The Balaban J connectivity index is 2.04. The summed E-state index contributed by atoms with van der Waals surface area (Å²) in [4.78, 5) is 17.0. The van der Waals surface area contributed by atoms with Gasteiger partial charge in [-0.25, -0.2) is 0 Å². The highest BCUT2D eigenvalue weighted by Gasteiger charge is 2.39. The summed E-state index contributed by atoms with van der Waals surface area (Å²) in [7, 11) is 0. The van der Waals surface area contributed by atoms with Gasteiger partial charge in [-0.3, -0.25) is 14.6 Å². The third-order valence-corrected chi connectivity index (χ3v) is 4.99. The van der Waals surface area contributed by atoms with Crippen LogP contribution in [0.15, 0.2) is 0 Å². The number of piperidine rings is 1. The molecule has 0 bridgehead atoms. The van der Waals surface area contributed by atoms with Crippen molar-refractivity contribution in [3.8, 4) is 0 Å². The topological polar surface area (TPSA) is 61.6 Å². The highest BCUT2D eigenvalue weighted by Crippen LogP contribution is 2.25. The SMILES string of the molecule is CC(C)NC(C)(CN1CC2CCCCN2CC1C)C(N)=O. The predicted octanol–water partition coefficient (Wildman–Crippen LogP) is 0.787. The van der Waals surface area contributed by atoms with Crippen molar-refractivity contribution in [2.24, 2.45) is 5.73 Å². The van der Waals surface area contributed by atoms with Gasteiger partial charge in [0.05, 0.1) is 0 Å². The largest absolute Gasteiger partial charge is 0.368 e. The van der Waals surface area contributed by atoms with Crippen LogP contribution in [0, 0.1) is 0 Å². The van der Waals surface area contributed by atoms with E-state index in [1.54, 1.807) is 0 Å². The van der Waals surface area contributed by atoms with Crippen LogP contribution in [0.3, 0.4) is 0 Å². The van der Waals surface area contributed by atoms with Gasteiger partial charge in [0.1, 0.15) is 5.54 Å². The molecule has 2 heterocycles. The third-order valence-electron chi connectivity index (χ3n) is 4.99. The van der Waals surface area contributed by atoms with Crippen LogP contribution in [0.2, 0.25) is 0 Å². The quantitative estimate of drug-likeness (QED) is 0.787. The molecule has 3 N–H and O–H groups in total. The van der Waals surface area contributed by atoms with Crippen LogP contribution in [-0.4, -0.2) is 65.6 Å². The van der Waals surface area contributed by atoms with E-state index in [4.69, 9.17) is 5.73 Å². The van der Waals surface area contributed by atoms with Gasteiger partial charge in [0.25, 0.3) is 0 Å². The molecule has 0 aromatic carbocycles. The molecule has 5 heteroatoms. The van der Waals surface area contributed by atoms with E-state index in [1.165, 1.54) is 25.8 Å². The number of hydrogen-bond acceptors (Lipinski definition) is 4. The second kappa shape index (κ2) is 6.63. The molecule has 0 saturated carbocycles. The zero-order valence-electron chi connectivity index (χ0n) is 14.1. The summed E-state index contributed by atoms with van der Waals surface area (Å²) in [5, 5.41) is 3.37. The Kier molecular flexibility index (Phi) is 5.28. The summed E-state index contributed by atoms with van der Waals surface area (Å²) in [6.45, 7) is 12.4. The first-order chi connectivity index (χ1) is 9.82. The maximum atomic E-state index is 11.9. The maximum Gasteiger partial charge on any atom is 0.238 e. The Bertz CT molecular complexity index is 373. The van der Waals surface area contributed by atoms with E-state index < -0.39 is 5.54 Å². The molecule has 0 spiro atoms. The molecule has 2 saturated heterocycles. The lowest BCUT2D eigenvalue weighted by atomic mass is 9.93. The van der Waals surface area contributed by atoms with Gasteiger partial charge in [-0.1, -0.05) is 6.42 Å². The van der Waals surface area contributed by atoms with Gasteiger partial charge in [0.2, 0.25) is 5.91 Å². The molecule has 1 amide bonds. The van der Waals surface area contributed by atoms with E-state index in [-0.39, 0.29) is 11.9 Å². The molecular formula is C16H32N4O. The molecule has 2 aliphatic rings. The minimum Gasteiger partial charge on any atom is -0.368 e. The van der Waals surface area contributed by atoms with Crippen LogP contribution in [0.25, 0.3) is 0 Å². The summed E-state index contributed by atoms with van der Waals surface area (Å²) in [5.74, 6) is -0.255. The molecule has 2 rings (SSSR count). The first kappa shape index (κ1) is 16.7. The number of carbonyl (C=O) groups is 1. The standard InChI is InChI=1S/C16H32N4O/c1-12(2)18-16(4,15(17)21)11-20-10-14-7-5-6-8-19(14)9-13(20)3/h12-14,18H,5-11H2,1-4H3,(H2,17,21). The average Bonchev–Trinajstić information content (AvgIpc) is 2.38. The van der Waals surface area contributed by atoms with E-state index in [9.17, 15) is 4.79 Å². The fourth-order valence-electron chi connectivity index (χ4n) is 3.87. The Morgan fingerprint density at radius 3 is 2.71 bits per heavy atom. The second-order valence-electron chi connectivity index (χ2n) is 7.42. The second-order valence-corrected chi connectivity index (χ2v) is 7.42. The fraction of sp³-hybridized carbons (Fsp3) is 0.938. The van der Waals surface area contributed by atoms with Crippen molar-refractivity contribution in [1.82, 2.24) is 15.1 Å². The van der Waals surface area contributed by atoms with Crippen molar-refractivity contribution in [3.63, 3.8) is 0 Å². The van der Waals surface area contributed by atoms with Crippen molar-refractivity contribution in [3.05, 3.63) is 0 Å². The number of rotatable bonds is 5. The highest BCUT2D eigenvalue weighted by atomic mass is 16.1. The van der Waals surface area contributed by atoms with Gasteiger partial charge in [-0.05, 0) is 47.1 Å². The molecule has 21 heavy (non-hydrogen) atoms. The van der Waals surface area contributed by atoms with Crippen LogP contribution in [0.5, 0.6) is 0 Å². The number of nitrogens with zero attached hydrogens (tertiary/aromatic N) is 2. The van der Waals surface area contributed by atoms with Gasteiger partial charge >= 0.3 is 0 Å². The molecule has 2 aliphatic heterocycles. The van der Waals surface area contributed by atoms with Crippen molar-refractivity contribution in [1.29, 1.82) is 0 Å². The molecule has 0 aromatic heterocycles. The molecule has 122 valence electrons. The number of amides is 1. The Morgan fingerprint density at radius 1 is 1.38 bits per heavy atom. The van der Waals surface area contributed by atoms with Crippen molar-refractivity contribution < 1.29 is 4.79 Å². The first-order valence-corrected chi connectivity index (χ1v) is 8.37. The van der Waals surface area contributed by atoms with Crippen LogP contribution in [0.1, 0.15) is 47.0 Å². The average molecular weight is 296 g/mol. The maximum absolute atomic E-state index is 11.9. The monoisotopic (exact) mass is 296 g/mol. The Hall–Kier alpha value is -0.650. The molecular weight excluding hydrogens is 264 g/mol. The number of carbonyl (C=O) groups excluding carboxylic acids is 1. The number of nitrogens with two attached hydrogens (primary N) is 1. The van der Waals surface area contributed by atoms with E-state index in [2.05, 4.69) is 35.9 Å². The van der Waals surface area contributed by atoms with E-state index in [0.29, 0.717) is 18.6 Å². The van der Waals surface area contributed by atoms with Crippen LogP contribution in [0.4, 0.5) is 0 Å². The van der Waals surface area contributed by atoms with Crippen molar-refractivity contribution in [2.45, 2.75) is 70.6 Å². The normalized spacial score (nSPS) is 30.9. The lowest BCUT2D eigenvalue weighted by molar-refractivity contribution is -0.125. The zero-order valence-corrected chi connectivity index (χ0v) is 14.1. The Labute approximate surface area is 129 Å². The van der Waals surface area contributed by atoms with E-state index in [0.717, 1.165) is 13.1 Å². The molecule has 2 fully saturated rings. The smallest absolute Gasteiger partial charge is 0.238 e. The zero-order chi connectivity index (χ0) is 15.6. The fourth-order valence-corrected chi connectivity index (χ4v) is 3.87. The molecule has 0 aromatic rings. The number of fused-ring (bicyclic) bond motifs is 1.